The minimum Gasteiger partial charge on any atom is -0.408 e. The van der Waals surface area contributed by atoms with Crippen molar-refractivity contribution in [1.29, 1.82) is 0 Å². The highest BCUT2D eigenvalue weighted by molar-refractivity contribution is 7.07. The summed E-state index contributed by atoms with van der Waals surface area (Å²) in [6.07, 6.45) is 3.72. The maximum Gasteiger partial charge on any atom is 0.315 e. The molecule has 1 atom stereocenters. The summed E-state index contributed by atoms with van der Waals surface area (Å²) in [6.45, 7) is 2.81. The number of nitrogens with two attached hydrogens (primary N) is 1. The fourth-order valence-electron chi connectivity index (χ4n) is 1.86. The Bertz CT molecular complexity index is 474. The molecular formula is C13H21ClN4OS. The number of rotatable bonds is 8. The van der Waals surface area contributed by atoms with Gasteiger partial charge in [0, 0.05) is 12.5 Å². The lowest BCUT2D eigenvalue weighted by molar-refractivity contribution is 0.488. The van der Waals surface area contributed by atoms with Gasteiger partial charge < -0.3 is 15.5 Å². The highest BCUT2D eigenvalue weighted by atomic mass is 35.5. The third kappa shape index (κ3) is 5.48. The molecule has 112 valence electrons. The van der Waals surface area contributed by atoms with Crippen molar-refractivity contribution in [1.82, 2.24) is 10.2 Å². The third-order valence-corrected chi connectivity index (χ3v) is 3.54. The lowest BCUT2D eigenvalue weighted by atomic mass is 10.1. The number of thiophene rings is 1. The van der Waals surface area contributed by atoms with Gasteiger partial charge in [-0.3, -0.25) is 0 Å². The molecule has 0 aliphatic carbocycles. The molecule has 0 radical (unpaired) electrons. The maximum absolute atomic E-state index is 5.55. The number of nitrogens with one attached hydrogen (secondary N) is 1. The van der Waals surface area contributed by atoms with E-state index >= 15 is 0 Å². The SMILES string of the molecule is CC(Cc1ccsc1)Nc1nnc(CCCCN)o1.Cl. The Balaban J connectivity index is 0.00000200. The molecule has 0 saturated carbocycles. The van der Waals surface area contributed by atoms with Crippen LogP contribution in [-0.4, -0.2) is 22.8 Å². The summed E-state index contributed by atoms with van der Waals surface area (Å²) in [6, 6.07) is 2.91. The molecule has 0 fully saturated rings. The largest absolute Gasteiger partial charge is 0.408 e. The molecule has 20 heavy (non-hydrogen) atoms. The van der Waals surface area contributed by atoms with Crippen molar-refractivity contribution in [2.45, 2.75) is 38.6 Å². The van der Waals surface area contributed by atoms with Crippen LogP contribution in [0.5, 0.6) is 0 Å². The number of hydrogen-bond acceptors (Lipinski definition) is 6. The van der Waals surface area contributed by atoms with E-state index in [-0.39, 0.29) is 18.4 Å². The molecule has 2 rings (SSSR count). The second kappa shape index (κ2) is 8.94. The summed E-state index contributed by atoms with van der Waals surface area (Å²) in [5, 5.41) is 15.5. The van der Waals surface area contributed by atoms with Crippen molar-refractivity contribution in [2.75, 3.05) is 11.9 Å². The third-order valence-electron chi connectivity index (χ3n) is 2.80. The van der Waals surface area contributed by atoms with Crippen LogP contribution in [0.25, 0.3) is 0 Å². The van der Waals surface area contributed by atoms with Gasteiger partial charge in [-0.1, -0.05) is 5.10 Å². The number of unbranched alkanes of at least 4 members (excludes halogenated alkanes) is 1. The molecule has 2 heterocycles. The lowest BCUT2D eigenvalue weighted by Crippen LogP contribution is -2.17. The quantitative estimate of drug-likeness (QED) is 0.732. The Morgan fingerprint density at radius 3 is 2.95 bits per heavy atom. The average molecular weight is 317 g/mol. The average Bonchev–Trinajstić information content (AvgIpc) is 3.02. The van der Waals surface area contributed by atoms with Crippen LogP contribution in [0.3, 0.4) is 0 Å². The number of anilines is 1. The Labute approximate surface area is 129 Å². The van der Waals surface area contributed by atoms with Crippen molar-refractivity contribution in [3.63, 3.8) is 0 Å². The monoisotopic (exact) mass is 316 g/mol. The van der Waals surface area contributed by atoms with E-state index in [1.807, 2.05) is 0 Å². The molecule has 0 amide bonds. The summed E-state index contributed by atoms with van der Waals surface area (Å²) in [5.74, 6) is 0.679. The Kier molecular flexibility index (Phi) is 7.58. The first-order valence-electron chi connectivity index (χ1n) is 6.58. The van der Waals surface area contributed by atoms with Crippen LogP contribution in [0, 0.1) is 0 Å². The lowest BCUT2D eigenvalue weighted by Gasteiger charge is -2.10. The molecule has 0 saturated heterocycles. The van der Waals surface area contributed by atoms with Gasteiger partial charge in [0.25, 0.3) is 0 Å². The summed E-state index contributed by atoms with van der Waals surface area (Å²) in [5.41, 5.74) is 6.78. The van der Waals surface area contributed by atoms with Gasteiger partial charge in [-0.2, -0.15) is 11.3 Å². The second-order valence-electron chi connectivity index (χ2n) is 4.63. The molecule has 2 aromatic rings. The zero-order chi connectivity index (χ0) is 13.5. The van der Waals surface area contributed by atoms with Crippen LogP contribution in [0.15, 0.2) is 21.2 Å². The maximum atomic E-state index is 5.55. The van der Waals surface area contributed by atoms with E-state index in [9.17, 15) is 0 Å². The minimum atomic E-state index is 0. The van der Waals surface area contributed by atoms with Gasteiger partial charge in [0.15, 0.2) is 0 Å². The summed E-state index contributed by atoms with van der Waals surface area (Å²) < 4.78 is 5.55. The molecule has 5 nitrogen and oxygen atoms in total. The van der Waals surface area contributed by atoms with Crippen molar-refractivity contribution < 1.29 is 4.42 Å². The summed E-state index contributed by atoms with van der Waals surface area (Å²) >= 11 is 1.71. The van der Waals surface area contributed by atoms with Gasteiger partial charge in [-0.05, 0) is 55.1 Å². The smallest absolute Gasteiger partial charge is 0.315 e. The van der Waals surface area contributed by atoms with Crippen LogP contribution in [-0.2, 0) is 12.8 Å². The van der Waals surface area contributed by atoms with Crippen LogP contribution in [0.2, 0.25) is 0 Å². The van der Waals surface area contributed by atoms with E-state index in [1.165, 1.54) is 5.56 Å². The Morgan fingerprint density at radius 2 is 2.25 bits per heavy atom. The molecule has 7 heteroatoms. The van der Waals surface area contributed by atoms with Gasteiger partial charge in [0.1, 0.15) is 0 Å². The van der Waals surface area contributed by atoms with Crippen molar-refractivity contribution in [2.24, 2.45) is 5.73 Å². The first-order chi connectivity index (χ1) is 9.28. The van der Waals surface area contributed by atoms with E-state index < -0.39 is 0 Å². The molecule has 2 aromatic heterocycles. The van der Waals surface area contributed by atoms with E-state index in [4.69, 9.17) is 10.2 Å². The number of nitrogens with zero attached hydrogens (tertiary/aromatic N) is 2. The van der Waals surface area contributed by atoms with Crippen LogP contribution in [0.4, 0.5) is 6.01 Å². The van der Waals surface area contributed by atoms with E-state index in [2.05, 4.69) is 39.3 Å². The van der Waals surface area contributed by atoms with Gasteiger partial charge in [-0.25, -0.2) is 0 Å². The fraction of sp³-hybridized carbons (Fsp3) is 0.538. The van der Waals surface area contributed by atoms with E-state index in [0.717, 1.165) is 25.7 Å². The van der Waals surface area contributed by atoms with E-state index in [0.29, 0.717) is 18.5 Å². The fourth-order valence-corrected chi connectivity index (χ4v) is 2.54. The summed E-state index contributed by atoms with van der Waals surface area (Å²) in [7, 11) is 0. The first-order valence-corrected chi connectivity index (χ1v) is 7.52. The van der Waals surface area contributed by atoms with Crippen LogP contribution in [0.1, 0.15) is 31.2 Å². The van der Waals surface area contributed by atoms with Crippen molar-refractivity contribution in [3.8, 4) is 0 Å². The molecular weight excluding hydrogens is 296 g/mol. The highest BCUT2D eigenvalue weighted by Gasteiger charge is 2.09. The molecule has 0 aliphatic heterocycles. The van der Waals surface area contributed by atoms with Gasteiger partial charge >= 0.3 is 6.01 Å². The molecule has 0 bridgehead atoms. The van der Waals surface area contributed by atoms with E-state index in [1.54, 1.807) is 11.3 Å². The van der Waals surface area contributed by atoms with Crippen LogP contribution >= 0.6 is 23.7 Å². The standard InChI is InChI=1S/C13H20N4OS.ClH/c1-10(8-11-5-7-19-9-11)15-13-17-16-12(18-13)4-2-3-6-14;/h5,7,9-10H,2-4,6,8,14H2,1H3,(H,15,17);1H. The summed E-state index contributed by atoms with van der Waals surface area (Å²) in [4.78, 5) is 0. The predicted octanol–water partition coefficient (Wildman–Crippen LogP) is 2.88. The minimum absolute atomic E-state index is 0. The molecule has 0 aliphatic rings. The highest BCUT2D eigenvalue weighted by Crippen LogP contribution is 2.13. The topological polar surface area (TPSA) is 77.0 Å². The molecule has 0 aromatic carbocycles. The van der Waals surface area contributed by atoms with Crippen molar-refractivity contribution in [3.05, 3.63) is 28.3 Å². The number of aromatic nitrogens is 2. The molecule has 3 N–H and O–H groups in total. The van der Waals surface area contributed by atoms with Crippen LogP contribution < -0.4 is 11.1 Å². The Morgan fingerprint density at radius 1 is 1.40 bits per heavy atom. The Hall–Kier alpha value is -1.11. The number of hydrogen-bond donors (Lipinski definition) is 2. The first kappa shape index (κ1) is 16.9. The zero-order valence-electron chi connectivity index (χ0n) is 11.5. The number of halogens is 1. The zero-order valence-corrected chi connectivity index (χ0v) is 13.2. The van der Waals surface area contributed by atoms with Gasteiger partial charge in [0.05, 0.1) is 0 Å². The van der Waals surface area contributed by atoms with Gasteiger partial charge in [0.2, 0.25) is 5.89 Å². The molecule has 0 spiro atoms. The molecule has 1 unspecified atom stereocenters. The van der Waals surface area contributed by atoms with Gasteiger partial charge in [-0.15, -0.1) is 17.5 Å². The predicted molar refractivity (Wildman–Crippen MR) is 84.6 cm³/mol. The van der Waals surface area contributed by atoms with Crippen molar-refractivity contribution >= 4 is 29.8 Å². The number of aryl methyl sites for hydroxylation is 1. The second-order valence-corrected chi connectivity index (χ2v) is 5.41. The normalized spacial score (nSPS) is 11.9.